The van der Waals surface area contributed by atoms with Gasteiger partial charge in [-0.1, -0.05) is 36.4 Å². The molecule has 0 radical (unpaired) electrons. The Morgan fingerprint density at radius 1 is 1.03 bits per heavy atom. The second kappa shape index (κ2) is 8.41. The van der Waals surface area contributed by atoms with Crippen LogP contribution in [0.25, 0.3) is 0 Å². The van der Waals surface area contributed by atoms with Gasteiger partial charge >= 0.3 is 12.1 Å². The summed E-state index contributed by atoms with van der Waals surface area (Å²) in [5, 5.41) is 3.17. The quantitative estimate of drug-likeness (QED) is 0.576. The van der Waals surface area contributed by atoms with E-state index in [1.807, 2.05) is 32.0 Å². The van der Waals surface area contributed by atoms with Crippen molar-refractivity contribution < 1.29 is 28.7 Å². The zero-order chi connectivity index (χ0) is 26.9. The zero-order valence-electron chi connectivity index (χ0n) is 21.9. The van der Waals surface area contributed by atoms with Crippen LogP contribution in [0.4, 0.5) is 10.5 Å². The molecule has 3 atom stereocenters. The van der Waals surface area contributed by atoms with Crippen LogP contribution in [-0.4, -0.2) is 59.2 Å². The summed E-state index contributed by atoms with van der Waals surface area (Å²) >= 11 is 0. The van der Waals surface area contributed by atoms with Gasteiger partial charge in [-0.25, -0.2) is 19.5 Å². The molecule has 9 heteroatoms. The van der Waals surface area contributed by atoms with Crippen LogP contribution >= 0.6 is 0 Å². The van der Waals surface area contributed by atoms with Gasteiger partial charge in [-0.2, -0.15) is 0 Å². The fraction of sp³-hybridized carbons (Fsp3) is 0.429. The number of hydrogen-bond acceptors (Lipinski definition) is 7. The number of anilines is 1. The Labute approximate surface area is 215 Å². The number of benzene rings is 2. The summed E-state index contributed by atoms with van der Waals surface area (Å²) in [4.78, 5) is 55.8. The molecule has 37 heavy (non-hydrogen) atoms. The molecule has 3 heterocycles. The number of esters is 1. The van der Waals surface area contributed by atoms with Crippen LogP contribution < -0.4 is 4.90 Å². The lowest BCUT2D eigenvalue weighted by atomic mass is 9.68. The molecule has 0 aromatic heterocycles. The number of rotatable bonds is 2. The maximum atomic E-state index is 14.7. The van der Waals surface area contributed by atoms with E-state index in [1.54, 1.807) is 50.0 Å². The van der Waals surface area contributed by atoms with Crippen LogP contribution in [0, 0.1) is 13.8 Å². The molecule has 9 nitrogen and oxygen atoms in total. The predicted molar refractivity (Wildman–Crippen MR) is 134 cm³/mol. The molecule has 1 unspecified atom stereocenters. The molecule has 0 saturated carbocycles. The van der Waals surface area contributed by atoms with Crippen molar-refractivity contribution in [2.24, 2.45) is 0 Å². The number of aryl methyl sites for hydroxylation is 2. The topological polar surface area (TPSA) is 96.5 Å². The predicted octanol–water partition coefficient (Wildman–Crippen LogP) is 3.57. The molecule has 194 valence electrons. The van der Waals surface area contributed by atoms with Crippen LogP contribution in [0.15, 0.2) is 42.5 Å². The van der Waals surface area contributed by atoms with Crippen molar-refractivity contribution in [2.75, 3.05) is 18.6 Å². The van der Waals surface area contributed by atoms with Gasteiger partial charge < -0.3 is 9.47 Å². The molecular weight excluding hydrogens is 474 g/mol. The lowest BCUT2D eigenvalue weighted by Crippen LogP contribution is -2.57. The van der Waals surface area contributed by atoms with Crippen molar-refractivity contribution in [1.82, 2.24) is 10.0 Å². The largest absolute Gasteiger partial charge is 0.467 e. The molecule has 3 aliphatic rings. The van der Waals surface area contributed by atoms with Crippen molar-refractivity contribution in [3.8, 4) is 0 Å². The highest BCUT2D eigenvalue weighted by molar-refractivity contribution is 6.23. The van der Waals surface area contributed by atoms with Gasteiger partial charge in [0, 0.05) is 13.0 Å². The SMILES string of the molecule is COC(=O)[C@H]1N2C(=O)CCN2[C@@H](c2ccc(C)c(C)c2)C12C(=O)N(C(=O)OC(C)(C)C)c1ccccc12. The minimum atomic E-state index is -1.63. The first kappa shape index (κ1) is 25.0. The molecule has 1 spiro atoms. The highest BCUT2D eigenvalue weighted by atomic mass is 16.6. The molecule has 2 fully saturated rings. The highest BCUT2D eigenvalue weighted by Gasteiger charge is 2.74. The Bertz CT molecular complexity index is 1330. The van der Waals surface area contributed by atoms with Gasteiger partial charge in [0.25, 0.3) is 5.91 Å². The number of carbonyl (C=O) groups excluding carboxylic acids is 4. The Balaban J connectivity index is 1.82. The standard InChI is InChI=1S/C28H31N3O6/c1-16-11-12-18(15-17(16)2)22-28(23(24(33)36-6)31-21(32)13-14-29(22)31)19-9-7-8-10-20(19)30(25(28)34)26(35)37-27(3,4)5/h7-12,15,22-23H,13-14H2,1-6H3/t22-,23+,28?/m0/s1. The van der Waals surface area contributed by atoms with E-state index >= 15 is 0 Å². The van der Waals surface area contributed by atoms with Crippen molar-refractivity contribution in [3.63, 3.8) is 0 Å². The van der Waals surface area contributed by atoms with E-state index in [0.717, 1.165) is 21.6 Å². The number of methoxy groups -OCH3 is 1. The van der Waals surface area contributed by atoms with E-state index in [2.05, 4.69) is 0 Å². The third-order valence-corrected chi connectivity index (χ3v) is 7.49. The molecule has 3 aliphatic heterocycles. The highest BCUT2D eigenvalue weighted by Crippen LogP contribution is 2.60. The molecule has 0 N–H and O–H groups in total. The van der Waals surface area contributed by atoms with Crippen LogP contribution in [0.2, 0.25) is 0 Å². The normalized spacial score (nSPS) is 25.0. The van der Waals surface area contributed by atoms with Gasteiger partial charge in [0.05, 0.1) is 18.8 Å². The monoisotopic (exact) mass is 505 g/mol. The number of para-hydroxylation sites is 1. The van der Waals surface area contributed by atoms with Crippen LogP contribution in [0.3, 0.4) is 0 Å². The van der Waals surface area contributed by atoms with E-state index in [4.69, 9.17) is 9.47 Å². The molecule has 2 aromatic rings. The second-order valence-corrected chi connectivity index (χ2v) is 10.8. The first-order chi connectivity index (χ1) is 17.4. The summed E-state index contributed by atoms with van der Waals surface area (Å²) in [6.07, 6.45) is -0.631. The van der Waals surface area contributed by atoms with E-state index in [9.17, 15) is 19.2 Å². The van der Waals surface area contributed by atoms with Gasteiger partial charge in [0.15, 0.2) is 6.04 Å². The van der Waals surface area contributed by atoms with Gasteiger partial charge in [0.2, 0.25) is 5.91 Å². The molecule has 0 aliphatic carbocycles. The first-order valence-corrected chi connectivity index (χ1v) is 12.3. The van der Waals surface area contributed by atoms with Crippen LogP contribution in [0.1, 0.15) is 55.5 Å². The van der Waals surface area contributed by atoms with E-state index < -0.39 is 41.1 Å². The van der Waals surface area contributed by atoms with E-state index in [0.29, 0.717) is 17.8 Å². The summed E-state index contributed by atoms with van der Waals surface area (Å²) in [5.41, 5.74) is 1.18. The van der Waals surface area contributed by atoms with Crippen molar-refractivity contribution in [1.29, 1.82) is 0 Å². The number of fused-ring (bicyclic) bond motifs is 3. The Morgan fingerprint density at radius 3 is 2.38 bits per heavy atom. The summed E-state index contributed by atoms with van der Waals surface area (Å²) in [6.45, 7) is 9.46. The number of hydrogen-bond donors (Lipinski definition) is 0. The first-order valence-electron chi connectivity index (χ1n) is 12.3. The number of imide groups is 1. The molecule has 2 saturated heterocycles. The zero-order valence-corrected chi connectivity index (χ0v) is 21.9. The van der Waals surface area contributed by atoms with Gasteiger partial charge in [-0.05, 0) is 62.9 Å². The molecule has 3 amide bonds. The van der Waals surface area contributed by atoms with Crippen molar-refractivity contribution >= 4 is 29.6 Å². The van der Waals surface area contributed by atoms with Crippen LogP contribution in [-0.2, 0) is 29.3 Å². The maximum absolute atomic E-state index is 14.7. The molecule has 5 rings (SSSR count). The molecular formula is C28H31N3O6. The summed E-state index contributed by atoms with van der Waals surface area (Å²) < 4.78 is 10.8. The Morgan fingerprint density at radius 2 is 1.73 bits per heavy atom. The van der Waals surface area contributed by atoms with Gasteiger partial charge in [-0.3, -0.25) is 14.6 Å². The average molecular weight is 506 g/mol. The molecule has 0 bridgehead atoms. The summed E-state index contributed by atoms with van der Waals surface area (Å²) in [7, 11) is 1.24. The number of carbonyl (C=O) groups is 4. The Kier molecular flexibility index (Phi) is 5.67. The van der Waals surface area contributed by atoms with Gasteiger partial charge in [-0.15, -0.1) is 0 Å². The number of ether oxygens (including phenoxy) is 2. The third-order valence-electron chi connectivity index (χ3n) is 7.49. The van der Waals surface area contributed by atoms with Crippen molar-refractivity contribution in [2.45, 2.75) is 64.1 Å². The fourth-order valence-corrected chi connectivity index (χ4v) is 5.91. The lowest BCUT2D eigenvalue weighted by Gasteiger charge is -2.34. The van der Waals surface area contributed by atoms with Gasteiger partial charge in [0.1, 0.15) is 11.0 Å². The van der Waals surface area contributed by atoms with E-state index in [1.165, 1.54) is 12.1 Å². The number of amides is 3. The minimum Gasteiger partial charge on any atom is -0.467 e. The average Bonchev–Trinajstić information content (AvgIpc) is 3.43. The Hall–Kier alpha value is -3.72. The smallest absolute Gasteiger partial charge is 0.421 e. The fourth-order valence-electron chi connectivity index (χ4n) is 5.91. The number of nitrogens with zero attached hydrogens (tertiary/aromatic N) is 3. The summed E-state index contributed by atoms with van der Waals surface area (Å²) in [5.74, 6) is -1.62. The van der Waals surface area contributed by atoms with Crippen molar-refractivity contribution in [3.05, 3.63) is 64.7 Å². The number of hydrazine groups is 1. The van der Waals surface area contributed by atoms with Crippen LogP contribution in [0.5, 0.6) is 0 Å². The second-order valence-electron chi connectivity index (χ2n) is 10.8. The minimum absolute atomic E-state index is 0.205. The third kappa shape index (κ3) is 3.48. The van der Waals surface area contributed by atoms with E-state index in [-0.39, 0.29) is 12.3 Å². The summed E-state index contributed by atoms with van der Waals surface area (Å²) in [6, 6.07) is 10.7. The lowest BCUT2D eigenvalue weighted by molar-refractivity contribution is -0.158. The maximum Gasteiger partial charge on any atom is 0.421 e. The molecule has 2 aromatic carbocycles.